The highest BCUT2D eigenvalue weighted by molar-refractivity contribution is 6.16. The average molecular weight is 649 g/mol. The van der Waals surface area contributed by atoms with Crippen molar-refractivity contribution in [3.05, 3.63) is 193 Å². The van der Waals surface area contributed by atoms with Crippen molar-refractivity contribution in [1.82, 2.24) is 0 Å². The molecule has 1 aromatic heterocycles. The van der Waals surface area contributed by atoms with Crippen LogP contribution in [0.5, 0.6) is 5.75 Å². The minimum absolute atomic E-state index is 0.127. The first-order chi connectivity index (χ1) is 24.5. The van der Waals surface area contributed by atoms with E-state index in [9.17, 15) is 5.11 Å². The number of nitrogens with one attached hydrogen (secondary N) is 1. The predicted octanol–water partition coefficient (Wildman–Crippen LogP) is 11.7. The maximum absolute atomic E-state index is 11.9. The summed E-state index contributed by atoms with van der Waals surface area (Å²) in [6.07, 6.45) is 1.67. The Bertz CT molecular complexity index is 2450. The Kier molecular flexibility index (Phi) is 9.08. The monoisotopic (exact) mass is 648 g/mol. The largest absolute Gasteiger partial charge is 0.507 e. The fourth-order valence-electron chi connectivity index (χ4n) is 6.20. The number of fused-ring (bicyclic) bond motifs is 3. The van der Waals surface area contributed by atoms with Gasteiger partial charge in [0.25, 0.3) is 0 Å². The van der Waals surface area contributed by atoms with E-state index in [0.29, 0.717) is 28.0 Å². The molecule has 4 heteroatoms. The highest BCUT2D eigenvalue weighted by Gasteiger charge is 2.22. The number of phenols is 1. The van der Waals surface area contributed by atoms with Crippen LogP contribution in [0.3, 0.4) is 0 Å². The lowest BCUT2D eigenvalue weighted by molar-refractivity contribution is 0.479. The molecule has 8 aromatic rings. The molecule has 8 rings (SSSR count). The molecule has 0 aliphatic heterocycles. The lowest BCUT2D eigenvalue weighted by Gasteiger charge is -2.13. The molecule has 242 valence electrons. The summed E-state index contributed by atoms with van der Waals surface area (Å²) in [7, 11) is 0. The summed E-state index contributed by atoms with van der Waals surface area (Å²) in [6, 6.07) is 55.7. The van der Waals surface area contributed by atoms with Gasteiger partial charge in [0.1, 0.15) is 16.9 Å². The van der Waals surface area contributed by atoms with E-state index in [1.807, 2.05) is 133 Å². The van der Waals surface area contributed by atoms with Crippen LogP contribution in [0, 0.1) is 12.3 Å². The molecule has 0 unspecified atom stereocenters. The molecule has 0 amide bonds. The summed E-state index contributed by atoms with van der Waals surface area (Å²) < 4.78 is 6.63. The van der Waals surface area contributed by atoms with E-state index in [1.54, 1.807) is 6.08 Å². The number of phenolic OH excluding ortho intramolecular Hbond substituents is 1. The normalized spacial score (nSPS) is 11.3. The molecule has 0 atom stereocenters. The Labute approximate surface area is 291 Å². The number of aryl methyl sites for hydroxylation is 1. The van der Waals surface area contributed by atoms with Crippen LogP contribution < -0.4 is 5.73 Å². The number of rotatable bonds is 6. The van der Waals surface area contributed by atoms with E-state index in [4.69, 9.17) is 15.6 Å². The van der Waals surface area contributed by atoms with Crippen LogP contribution >= 0.6 is 0 Å². The van der Waals surface area contributed by atoms with Crippen molar-refractivity contribution < 1.29 is 9.52 Å². The standard InChI is InChI=1S/C39H28N2O2.C7H8/c40-34(26-14-6-2-7-15-26)24-35(41)29-19-10-18-28(22-29)32-23-33-31-21-11-20-30(25-12-4-1-5-13-25)38(31)43-39(33)36(37(32)42)27-16-8-3-9-17-27;1-7-5-3-2-4-6-7/h1-24,41-42H,40H2;2-6H,1H3/b34-24-,41-35?;. The molecule has 50 heavy (non-hydrogen) atoms. The van der Waals surface area contributed by atoms with Crippen LogP contribution in [0.2, 0.25) is 0 Å². The number of allylic oxidation sites excluding steroid dienone is 1. The summed E-state index contributed by atoms with van der Waals surface area (Å²) in [6.45, 7) is 2.08. The number of nitrogens with two attached hydrogens (primary N) is 1. The Morgan fingerprint density at radius 3 is 1.76 bits per heavy atom. The SMILES string of the molecule is Cc1ccccc1.N=C(/C=C(\N)c1ccccc1)c1cccc(-c2cc3c(oc4c(-c5ccccc5)cccc43)c(-c3ccccc3)c2O)c1. The molecule has 0 aliphatic rings. The first-order valence-electron chi connectivity index (χ1n) is 16.5. The fourth-order valence-corrected chi connectivity index (χ4v) is 6.20. The van der Waals surface area contributed by atoms with Crippen LogP contribution in [0.15, 0.2) is 180 Å². The van der Waals surface area contributed by atoms with Crippen LogP contribution in [-0.2, 0) is 0 Å². The van der Waals surface area contributed by atoms with E-state index in [2.05, 4.69) is 43.3 Å². The number of benzene rings is 7. The van der Waals surface area contributed by atoms with Gasteiger partial charge in [-0.2, -0.15) is 0 Å². The molecule has 1 heterocycles. The second kappa shape index (κ2) is 14.2. The third-order valence-corrected chi connectivity index (χ3v) is 8.74. The Hall–Kier alpha value is -6.65. The van der Waals surface area contributed by atoms with Crippen LogP contribution in [-0.4, -0.2) is 10.8 Å². The minimum atomic E-state index is 0.127. The zero-order chi connectivity index (χ0) is 34.5. The van der Waals surface area contributed by atoms with Gasteiger partial charge in [0, 0.05) is 33.2 Å². The van der Waals surface area contributed by atoms with Gasteiger partial charge in [0.15, 0.2) is 0 Å². The number of hydrogen-bond donors (Lipinski definition) is 3. The Balaban J connectivity index is 0.000000501. The summed E-state index contributed by atoms with van der Waals surface area (Å²) in [5.41, 5.74) is 16.4. The highest BCUT2D eigenvalue weighted by atomic mass is 16.3. The molecule has 0 spiro atoms. The molecule has 4 N–H and O–H groups in total. The van der Waals surface area contributed by atoms with Crippen LogP contribution in [0.1, 0.15) is 16.7 Å². The van der Waals surface area contributed by atoms with Crippen LogP contribution in [0.25, 0.3) is 61.0 Å². The average Bonchev–Trinajstić information content (AvgIpc) is 3.54. The molecule has 7 aromatic carbocycles. The lowest BCUT2D eigenvalue weighted by atomic mass is 9.92. The van der Waals surface area contributed by atoms with Crippen LogP contribution in [0.4, 0.5) is 0 Å². The van der Waals surface area contributed by atoms with E-state index < -0.39 is 0 Å². The van der Waals surface area contributed by atoms with Gasteiger partial charge in [-0.1, -0.05) is 163 Å². The molecule has 4 nitrogen and oxygen atoms in total. The predicted molar refractivity (Wildman–Crippen MR) is 208 cm³/mol. The molecular weight excluding hydrogens is 613 g/mol. The fraction of sp³-hybridized carbons (Fsp3) is 0.0217. The summed E-state index contributed by atoms with van der Waals surface area (Å²) in [5, 5.41) is 22.5. The second-order valence-electron chi connectivity index (χ2n) is 12.2. The zero-order valence-electron chi connectivity index (χ0n) is 27.7. The van der Waals surface area contributed by atoms with E-state index >= 15 is 0 Å². The van der Waals surface area contributed by atoms with E-state index in [-0.39, 0.29) is 11.5 Å². The van der Waals surface area contributed by atoms with Gasteiger partial charge in [-0.15, -0.1) is 0 Å². The Morgan fingerprint density at radius 1 is 0.560 bits per heavy atom. The molecule has 0 saturated carbocycles. The topological polar surface area (TPSA) is 83.2 Å². The van der Waals surface area contributed by atoms with Gasteiger partial charge >= 0.3 is 0 Å². The molecule has 0 radical (unpaired) electrons. The van der Waals surface area contributed by atoms with Crippen molar-refractivity contribution in [3.8, 4) is 39.1 Å². The summed E-state index contributed by atoms with van der Waals surface area (Å²) in [5.74, 6) is 0.127. The molecule has 0 saturated heterocycles. The molecule has 0 aliphatic carbocycles. The van der Waals surface area contributed by atoms with Crippen molar-refractivity contribution in [1.29, 1.82) is 5.41 Å². The zero-order valence-corrected chi connectivity index (χ0v) is 27.7. The van der Waals surface area contributed by atoms with Crippen molar-refractivity contribution >= 4 is 33.3 Å². The Morgan fingerprint density at radius 2 is 1.12 bits per heavy atom. The quantitative estimate of drug-likeness (QED) is 0.157. The first-order valence-corrected chi connectivity index (χ1v) is 16.5. The van der Waals surface area contributed by atoms with Gasteiger partial charge in [-0.25, -0.2) is 0 Å². The van der Waals surface area contributed by atoms with Crippen molar-refractivity contribution in [2.24, 2.45) is 5.73 Å². The van der Waals surface area contributed by atoms with Crippen molar-refractivity contribution in [2.45, 2.75) is 6.92 Å². The number of hydrogen-bond acceptors (Lipinski definition) is 4. The first kappa shape index (κ1) is 31.9. The lowest BCUT2D eigenvalue weighted by Crippen LogP contribution is -2.02. The maximum atomic E-state index is 11.9. The summed E-state index contributed by atoms with van der Waals surface area (Å²) >= 11 is 0. The van der Waals surface area contributed by atoms with E-state index in [0.717, 1.165) is 44.2 Å². The van der Waals surface area contributed by atoms with Crippen molar-refractivity contribution in [2.75, 3.05) is 0 Å². The number of furan rings is 1. The maximum Gasteiger partial charge on any atom is 0.147 e. The minimum Gasteiger partial charge on any atom is -0.507 e. The number of para-hydroxylation sites is 1. The molecule has 0 bridgehead atoms. The van der Waals surface area contributed by atoms with E-state index in [1.165, 1.54) is 5.56 Å². The second-order valence-corrected chi connectivity index (χ2v) is 12.2. The third kappa shape index (κ3) is 6.55. The van der Waals surface area contributed by atoms with Crippen molar-refractivity contribution in [3.63, 3.8) is 0 Å². The molecular formula is C46H36N2O2. The van der Waals surface area contributed by atoms with Gasteiger partial charge in [0.05, 0.1) is 11.3 Å². The highest BCUT2D eigenvalue weighted by Crippen LogP contribution is 2.48. The van der Waals surface area contributed by atoms with Gasteiger partial charge < -0.3 is 20.7 Å². The van der Waals surface area contributed by atoms with Gasteiger partial charge in [0.2, 0.25) is 0 Å². The summed E-state index contributed by atoms with van der Waals surface area (Å²) in [4.78, 5) is 0. The van der Waals surface area contributed by atoms with Gasteiger partial charge in [-0.3, -0.25) is 0 Å². The molecule has 0 fully saturated rings. The third-order valence-electron chi connectivity index (χ3n) is 8.74. The number of aromatic hydroxyl groups is 1. The van der Waals surface area contributed by atoms with Gasteiger partial charge in [-0.05, 0) is 47.4 Å². The smallest absolute Gasteiger partial charge is 0.147 e.